The van der Waals surface area contributed by atoms with Gasteiger partial charge in [-0.1, -0.05) is 6.92 Å². The zero-order valence-electron chi connectivity index (χ0n) is 10.6. The summed E-state index contributed by atoms with van der Waals surface area (Å²) in [5.41, 5.74) is 7.65. The van der Waals surface area contributed by atoms with Gasteiger partial charge in [0.25, 0.3) is 0 Å². The molecule has 0 saturated heterocycles. The average molecular weight is 261 g/mol. The molecular weight excluding hydrogens is 240 g/mol. The van der Waals surface area contributed by atoms with Crippen LogP contribution in [0.15, 0.2) is 6.20 Å². The molecule has 0 aliphatic heterocycles. The van der Waals surface area contributed by atoms with Crippen molar-refractivity contribution in [1.82, 2.24) is 15.1 Å². The maximum atomic E-state index is 11.4. The zero-order valence-corrected chi connectivity index (χ0v) is 11.4. The standard InChI is InChI=1S/C11H20N4O.ClH/c1-4-10-9(7-15(3)14-10)6-13-11(16)5-8(2)12;/h7-8H,4-6,12H2,1-3H3,(H,13,16);1H. The van der Waals surface area contributed by atoms with Crippen molar-refractivity contribution in [3.8, 4) is 0 Å². The third kappa shape index (κ3) is 5.19. The fourth-order valence-electron chi connectivity index (χ4n) is 1.59. The van der Waals surface area contributed by atoms with E-state index in [1.165, 1.54) is 0 Å². The number of hydrogen-bond donors (Lipinski definition) is 2. The molecule has 1 rings (SSSR count). The van der Waals surface area contributed by atoms with Gasteiger partial charge in [0, 0.05) is 37.8 Å². The number of nitrogens with zero attached hydrogens (tertiary/aromatic N) is 2. The Hall–Kier alpha value is -1.07. The van der Waals surface area contributed by atoms with Crippen molar-refractivity contribution in [2.75, 3.05) is 0 Å². The van der Waals surface area contributed by atoms with Gasteiger partial charge in [0.1, 0.15) is 0 Å². The number of rotatable bonds is 5. The van der Waals surface area contributed by atoms with Gasteiger partial charge in [-0.25, -0.2) is 0 Å². The Kier molecular flexibility index (Phi) is 6.83. The van der Waals surface area contributed by atoms with E-state index in [-0.39, 0.29) is 24.4 Å². The summed E-state index contributed by atoms with van der Waals surface area (Å²) >= 11 is 0. The molecule has 1 amide bonds. The first-order valence-corrected chi connectivity index (χ1v) is 5.56. The fraction of sp³-hybridized carbons (Fsp3) is 0.636. The average Bonchev–Trinajstić information content (AvgIpc) is 2.55. The molecule has 1 heterocycles. The van der Waals surface area contributed by atoms with Crippen molar-refractivity contribution >= 4 is 18.3 Å². The second-order valence-electron chi connectivity index (χ2n) is 4.09. The molecule has 1 atom stereocenters. The highest BCUT2D eigenvalue weighted by molar-refractivity contribution is 5.85. The van der Waals surface area contributed by atoms with E-state index >= 15 is 0 Å². The molecule has 0 aliphatic rings. The van der Waals surface area contributed by atoms with Crippen LogP contribution in [0.2, 0.25) is 0 Å². The Morgan fingerprint density at radius 3 is 2.82 bits per heavy atom. The monoisotopic (exact) mass is 260 g/mol. The lowest BCUT2D eigenvalue weighted by Gasteiger charge is -2.06. The van der Waals surface area contributed by atoms with Crippen molar-refractivity contribution in [2.24, 2.45) is 12.8 Å². The van der Waals surface area contributed by atoms with Gasteiger partial charge < -0.3 is 11.1 Å². The first-order chi connectivity index (χ1) is 7.52. The molecule has 3 N–H and O–H groups in total. The van der Waals surface area contributed by atoms with Gasteiger partial charge in [-0.15, -0.1) is 12.4 Å². The molecule has 6 heteroatoms. The number of hydrogen-bond acceptors (Lipinski definition) is 3. The molecular formula is C11H21ClN4O. The van der Waals surface area contributed by atoms with E-state index < -0.39 is 0 Å². The molecule has 98 valence electrons. The van der Waals surface area contributed by atoms with E-state index in [1.807, 2.05) is 20.2 Å². The van der Waals surface area contributed by atoms with Gasteiger partial charge in [0.15, 0.2) is 0 Å². The van der Waals surface area contributed by atoms with Crippen LogP contribution in [-0.4, -0.2) is 21.7 Å². The summed E-state index contributed by atoms with van der Waals surface area (Å²) in [6.07, 6.45) is 3.17. The van der Waals surface area contributed by atoms with Gasteiger partial charge in [-0.3, -0.25) is 9.48 Å². The second kappa shape index (κ2) is 7.29. The highest BCUT2D eigenvalue weighted by Gasteiger charge is 2.08. The van der Waals surface area contributed by atoms with E-state index in [1.54, 1.807) is 4.68 Å². The van der Waals surface area contributed by atoms with Crippen LogP contribution < -0.4 is 11.1 Å². The lowest BCUT2D eigenvalue weighted by Crippen LogP contribution is -2.29. The quantitative estimate of drug-likeness (QED) is 0.821. The molecule has 5 nitrogen and oxygen atoms in total. The van der Waals surface area contributed by atoms with Crippen LogP contribution in [-0.2, 0) is 24.8 Å². The lowest BCUT2D eigenvalue weighted by atomic mass is 10.2. The van der Waals surface area contributed by atoms with E-state index in [4.69, 9.17) is 5.73 Å². The minimum Gasteiger partial charge on any atom is -0.352 e. The summed E-state index contributed by atoms with van der Waals surface area (Å²) in [5.74, 6) is -0.0130. The van der Waals surface area contributed by atoms with Gasteiger partial charge in [-0.05, 0) is 13.3 Å². The molecule has 0 spiro atoms. The summed E-state index contributed by atoms with van der Waals surface area (Å²) in [6.45, 7) is 4.40. The number of nitrogens with one attached hydrogen (secondary N) is 1. The summed E-state index contributed by atoms with van der Waals surface area (Å²) in [7, 11) is 1.88. The Bertz CT molecular complexity index is 362. The Morgan fingerprint density at radius 1 is 1.65 bits per heavy atom. The third-order valence-electron chi connectivity index (χ3n) is 2.31. The Morgan fingerprint density at radius 2 is 2.29 bits per heavy atom. The number of halogens is 1. The van der Waals surface area contributed by atoms with Crippen LogP contribution in [0.1, 0.15) is 31.5 Å². The number of aromatic nitrogens is 2. The van der Waals surface area contributed by atoms with E-state index in [2.05, 4.69) is 17.3 Å². The molecule has 0 bridgehead atoms. The van der Waals surface area contributed by atoms with Crippen molar-refractivity contribution in [1.29, 1.82) is 0 Å². The van der Waals surface area contributed by atoms with Crippen molar-refractivity contribution in [2.45, 2.75) is 39.3 Å². The predicted molar refractivity (Wildman–Crippen MR) is 69.9 cm³/mol. The van der Waals surface area contributed by atoms with E-state index in [0.717, 1.165) is 17.7 Å². The van der Waals surface area contributed by atoms with Crippen molar-refractivity contribution in [3.63, 3.8) is 0 Å². The molecule has 0 aromatic carbocycles. The number of carbonyl (C=O) groups excluding carboxylic acids is 1. The third-order valence-corrected chi connectivity index (χ3v) is 2.31. The normalized spacial score (nSPS) is 11.8. The number of aryl methyl sites for hydroxylation is 2. The van der Waals surface area contributed by atoms with Crippen LogP contribution in [0.4, 0.5) is 0 Å². The van der Waals surface area contributed by atoms with Crippen LogP contribution in [0.5, 0.6) is 0 Å². The second-order valence-corrected chi connectivity index (χ2v) is 4.09. The number of amides is 1. The highest BCUT2D eigenvalue weighted by Crippen LogP contribution is 2.06. The SMILES string of the molecule is CCc1nn(C)cc1CNC(=O)CC(C)N.Cl. The van der Waals surface area contributed by atoms with Gasteiger partial charge in [-0.2, -0.15) is 5.10 Å². The minimum absolute atomic E-state index is 0. The highest BCUT2D eigenvalue weighted by atomic mass is 35.5. The Balaban J connectivity index is 0.00000256. The first-order valence-electron chi connectivity index (χ1n) is 5.56. The Labute approximate surface area is 108 Å². The molecule has 0 radical (unpaired) electrons. The zero-order chi connectivity index (χ0) is 12.1. The molecule has 1 aromatic heterocycles. The predicted octanol–water partition coefficient (Wildman–Crippen LogP) is 0.758. The first kappa shape index (κ1) is 15.9. The summed E-state index contributed by atoms with van der Waals surface area (Å²) < 4.78 is 1.77. The van der Waals surface area contributed by atoms with Crippen LogP contribution in [0.25, 0.3) is 0 Å². The lowest BCUT2D eigenvalue weighted by molar-refractivity contribution is -0.121. The summed E-state index contributed by atoms with van der Waals surface area (Å²) in [5, 5.41) is 7.15. The fourth-order valence-corrected chi connectivity index (χ4v) is 1.59. The minimum atomic E-state index is -0.0976. The van der Waals surface area contributed by atoms with Crippen LogP contribution in [0.3, 0.4) is 0 Å². The van der Waals surface area contributed by atoms with E-state index in [9.17, 15) is 4.79 Å². The van der Waals surface area contributed by atoms with Gasteiger partial charge in [0.05, 0.1) is 5.69 Å². The summed E-state index contributed by atoms with van der Waals surface area (Å²) in [6, 6.07) is -0.0976. The van der Waals surface area contributed by atoms with Crippen molar-refractivity contribution < 1.29 is 4.79 Å². The van der Waals surface area contributed by atoms with Crippen LogP contribution >= 0.6 is 12.4 Å². The molecule has 0 fully saturated rings. The number of carbonyl (C=O) groups is 1. The maximum Gasteiger partial charge on any atom is 0.221 e. The largest absolute Gasteiger partial charge is 0.352 e. The van der Waals surface area contributed by atoms with Gasteiger partial charge >= 0.3 is 0 Å². The van der Waals surface area contributed by atoms with Crippen LogP contribution in [0, 0.1) is 0 Å². The number of nitrogens with two attached hydrogens (primary N) is 1. The van der Waals surface area contributed by atoms with E-state index in [0.29, 0.717) is 13.0 Å². The molecule has 0 saturated carbocycles. The molecule has 0 aliphatic carbocycles. The van der Waals surface area contributed by atoms with Gasteiger partial charge in [0.2, 0.25) is 5.91 Å². The molecule has 17 heavy (non-hydrogen) atoms. The van der Waals surface area contributed by atoms with Crippen molar-refractivity contribution in [3.05, 3.63) is 17.5 Å². The smallest absolute Gasteiger partial charge is 0.221 e. The summed E-state index contributed by atoms with van der Waals surface area (Å²) in [4.78, 5) is 11.4. The molecule has 1 unspecified atom stereocenters. The molecule has 1 aromatic rings. The topological polar surface area (TPSA) is 72.9 Å². The maximum absolute atomic E-state index is 11.4.